The topological polar surface area (TPSA) is 54.0 Å². The molecule has 0 bridgehead atoms. The molecule has 1 amide bonds. The molecule has 3 rings (SSSR count). The van der Waals surface area contributed by atoms with Crippen molar-refractivity contribution in [3.05, 3.63) is 35.5 Å². The van der Waals surface area contributed by atoms with Crippen LogP contribution >= 0.6 is 11.6 Å². The molecule has 5 heteroatoms. The maximum Gasteiger partial charge on any atom is 0.224 e. The molecule has 4 nitrogen and oxygen atoms in total. The zero-order valence-corrected chi connectivity index (χ0v) is 12.5. The average Bonchev–Trinajstić information content (AvgIpc) is 2.48. The molecule has 2 aromatic rings. The van der Waals surface area contributed by atoms with Crippen LogP contribution in [0.3, 0.4) is 0 Å². The van der Waals surface area contributed by atoms with Crippen molar-refractivity contribution in [2.45, 2.75) is 19.3 Å². The molecule has 0 unspecified atom stereocenters. The standard InChI is InChI=1S/C16H18ClN3O/c17-13-9-12-2-1-5-19-16(12)14(10-13)20-15(21)8-11-3-6-18-7-4-11/h1-2,5,9-11,18H,3-4,6-8H2,(H,20,21). The maximum absolute atomic E-state index is 12.2. The highest BCUT2D eigenvalue weighted by Gasteiger charge is 2.17. The summed E-state index contributed by atoms with van der Waals surface area (Å²) in [6, 6.07) is 7.42. The van der Waals surface area contributed by atoms with Crippen molar-refractivity contribution in [1.82, 2.24) is 10.3 Å². The number of nitrogens with one attached hydrogen (secondary N) is 2. The number of hydrogen-bond donors (Lipinski definition) is 2. The first-order valence-corrected chi connectivity index (χ1v) is 7.65. The lowest BCUT2D eigenvalue weighted by molar-refractivity contribution is -0.117. The van der Waals surface area contributed by atoms with E-state index in [9.17, 15) is 4.79 Å². The highest BCUT2D eigenvalue weighted by Crippen LogP contribution is 2.27. The highest BCUT2D eigenvalue weighted by atomic mass is 35.5. The van der Waals surface area contributed by atoms with Crippen LogP contribution in [0.4, 0.5) is 5.69 Å². The number of aromatic nitrogens is 1. The Hall–Kier alpha value is -1.65. The summed E-state index contributed by atoms with van der Waals surface area (Å²) in [7, 11) is 0. The minimum atomic E-state index is 0.0381. The van der Waals surface area contributed by atoms with Gasteiger partial charge in [-0.2, -0.15) is 0 Å². The van der Waals surface area contributed by atoms with E-state index in [2.05, 4.69) is 15.6 Å². The van der Waals surface area contributed by atoms with Crippen molar-refractivity contribution >= 4 is 34.1 Å². The number of carbonyl (C=O) groups is 1. The van der Waals surface area contributed by atoms with Crippen LogP contribution in [-0.4, -0.2) is 24.0 Å². The third-order valence-electron chi connectivity index (χ3n) is 3.88. The molecule has 1 fully saturated rings. The SMILES string of the molecule is O=C(CC1CCNCC1)Nc1cc(Cl)cc2cccnc12. The molecule has 2 heterocycles. The zero-order chi connectivity index (χ0) is 14.7. The first kappa shape index (κ1) is 14.3. The number of piperidine rings is 1. The fraction of sp³-hybridized carbons (Fsp3) is 0.375. The number of anilines is 1. The van der Waals surface area contributed by atoms with Gasteiger partial charge >= 0.3 is 0 Å². The van der Waals surface area contributed by atoms with Gasteiger partial charge in [0.1, 0.15) is 0 Å². The minimum Gasteiger partial charge on any atom is -0.324 e. The second-order valence-corrected chi connectivity index (χ2v) is 5.91. The van der Waals surface area contributed by atoms with Crippen molar-refractivity contribution in [3.63, 3.8) is 0 Å². The van der Waals surface area contributed by atoms with Gasteiger partial charge in [0.2, 0.25) is 5.91 Å². The van der Waals surface area contributed by atoms with Gasteiger partial charge in [-0.15, -0.1) is 0 Å². The number of pyridine rings is 1. The third-order valence-corrected chi connectivity index (χ3v) is 4.09. The third kappa shape index (κ3) is 3.52. The second kappa shape index (κ2) is 6.41. The van der Waals surface area contributed by atoms with Crippen LogP contribution in [0, 0.1) is 5.92 Å². The molecule has 0 radical (unpaired) electrons. The number of fused-ring (bicyclic) bond motifs is 1. The molecule has 0 atom stereocenters. The first-order valence-electron chi connectivity index (χ1n) is 7.27. The summed E-state index contributed by atoms with van der Waals surface area (Å²) in [5, 5.41) is 7.81. The Balaban J connectivity index is 1.76. The molecule has 1 aromatic carbocycles. The van der Waals surface area contributed by atoms with E-state index in [4.69, 9.17) is 11.6 Å². The first-order chi connectivity index (χ1) is 10.2. The van der Waals surface area contributed by atoms with Crippen molar-refractivity contribution in [3.8, 4) is 0 Å². The Morgan fingerprint density at radius 1 is 1.38 bits per heavy atom. The van der Waals surface area contributed by atoms with Gasteiger partial charge < -0.3 is 10.6 Å². The van der Waals surface area contributed by atoms with E-state index in [0.717, 1.165) is 36.8 Å². The minimum absolute atomic E-state index is 0.0381. The van der Waals surface area contributed by atoms with E-state index < -0.39 is 0 Å². The molecule has 0 spiro atoms. The number of rotatable bonds is 3. The second-order valence-electron chi connectivity index (χ2n) is 5.47. The highest BCUT2D eigenvalue weighted by molar-refractivity contribution is 6.32. The number of amides is 1. The van der Waals surface area contributed by atoms with Crippen molar-refractivity contribution in [2.24, 2.45) is 5.92 Å². The Labute approximate surface area is 128 Å². The van der Waals surface area contributed by atoms with Gasteiger partial charge in [-0.05, 0) is 50.0 Å². The van der Waals surface area contributed by atoms with Crippen LogP contribution in [0.25, 0.3) is 10.9 Å². The Morgan fingerprint density at radius 2 is 2.19 bits per heavy atom. The van der Waals surface area contributed by atoms with Gasteiger partial charge in [0, 0.05) is 23.0 Å². The number of carbonyl (C=O) groups excluding carboxylic acids is 1. The Kier molecular flexibility index (Phi) is 4.36. The van der Waals surface area contributed by atoms with Gasteiger partial charge in [-0.3, -0.25) is 9.78 Å². The van der Waals surface area contributed by atoms with Crippen LogP contribution in [0.1, 0.15) is 19.3 Å². The molecular weight excluding hydrogens is 286 g/mol. The summed E-state index contributed by atoms with van der Waals surface area (Å²) in [4.78, 5) is 16.6. The van der Waals surface area contributed by atoms with Gasteiger partial charge in [0.25, 0.3) is 0 Å². The summed E-state index contributed by atoms with van der Waals surface area (Å²) < 4.78 is 0. The molecule has 1 saturated heterocycles. The summed E-state index contributed by atoms with van der Waals surface area (Å²) in [6.45, 7) is 2.00. The predicted molar refractivity (Wildman–Crippen MR) is 85.6 cm³/mol. The average molecular weight is 304 g/mol. The van der Waals surface area contributed by atoms with E-state index in [1.807, 2.05) is 18.2 Å². The molecule has 1 aliphatic rings. The summed E-state index contributed by atoms with van der Waals surface area (Å²) >= 11 is 6.11. The van der Waals surface area contributed by atoms with E-state index in [1.165, 1.54) is 0 Å². The zero-order valence-electron chi connectivity index (χ0n) is 11.7. The lowest BCUT2D eigenvalue weighted by atomic mass is 9.94. The predicted octanol–water partition coefficient (Wildman–Crippen LogP) is 3.22. The lowest BCUT2D eigenvalue weighted by Gasteiger charge is -2.22. The monoisotopic (exact) mass is 303 g/mol. The fourth-order valence-corrected chi connectivity index (χ4v) is 3.03. The Morgan fingerprint density at radius 3 is 3.00 bits per heavy atom. The molecule has 21 heavy (non-hydrogen) atoms. The van der Waals surface area contributed by atoms with Gasteiger partial charge in [-0.25, -0.2) is 0 Å². The molecule has 0 aliphatic carbocycles. The summed E-state index contributed by atoms with van der Waals surface area (Å²) in [5.41, 5.74) is 1.47. The van der Waals surface area contributed by atoms with Crippen LogP contribution in [0.15, 0.2) is 30.5 Å². The van der Waals surface area contributed by atoms with Crippen molar-refractivity contribution in [2.75, 3.05) is 18.4 Å². The summed E-state index contributed by atoms with van der Waals surface area (Å²) in [5.74, 6) is 0.501. The normalized spacial score (nSPS) is 16.0. The molecule has 0 saturated carbocycles. The fourth-order valence-electron chi connectivity index (χ4n) is 2.80. The van der Waals surface area contributed by atoms with Crippen LogP contribution in [0.5, 0.6) is 0 Å². The molecule has 1 aromatic heterocycles. The quantitative estimate of drug-likeness (QED) is 0.915. The molecule has 2 N–H and O–H groups in total. The summed E-state index contributed by atoms with van der Waals surface area (Å²) in [6.07, 6.45) is 4.39. The van der Waals surface area contributed by atoms with Gasteiger partial charge in [0.15, 0.2) is 0 Å². The number of halogens is 1. The van der Waals surface area contributed by atoms with Crippen LogP contribution < -0.4 is 10.6 Å². The van der Waals surface area contributed by atoms with Crippen LogP contribution in [-0.2, 0) is 4.79 Å². The lowest BCUT2D eigenvalue weighted by Crippen LogP contribution is -2.30. The molecule has 1 aliphatic heterocycles. The largest absolute Gasteiger partial charge is 0.324 e. The molecular formula is C16H18ClN3O. The Bertz CT molecular complexity index is 653. The van der Waals surface area contributed by atoms with Crippen molar-refractivity contribution < 1.29 is 4.79 Å². The molecule has 110 valence electrons. The van der Waals surface area contributed by atoms with E-state index >= 15 is 0 Å². The van der Waals surface area contributed by atoms with E-state index in [-0.39, 0.29) is 5.91 Å². The number of nitrogens with zero attached hydrogens (tertiary/aromatic N) is 1. The number of hydrogen-bond acceptors (Lipinski definition) is 3. The van der Waals surface area contributed by atoms with Crippen LogP contribution in [0.2, 0.25) is 5.02 Å². The number of benzene rings is 1. The van der Waals surface area contributed by atoms with Gasteiger partial charge in [0.05, 0.1) is 11.2 Å². The van der Waals surface area contributed by atoms with Crippen molar-refractivity contribution in [1.29, 1.82) is 0 Å². The maximum atomic E-state index is 12.2. The van der Waals surface area contributed by atoms with E-state index in [0.29, 0.717) is 23.0 Å². The smallest absolute Gasteiger partial charge is 0.224 e. The van der Waals surface area contributed by atoms with Gasteiger partial charge in [-0.1, -0.05) is 17.7 Å². The van der Waals surface area contributed by atoms with E-state index in [1.54, 1.807) is 12.3 Å².